The third-order valence-electron chi connectivity index (χ3n) is 3.16. The molecule has 0 amide bonds. The number of hydrogen-bond donors (Lipinski definition) is 4. The molecule has 0 spiro atoms. The fraction of sp³-hybridized carbons (Fsp3) is 0.545. The average Bonchev–Trinajstić information content (AvgIpc) is 2.67. The molecule has 88 valence electrons. The van der Waals surface area contributed by atoms with Gasteiger partial charge in [0.1, 0.15) is 5.82 Å². The molecular formula is C11H18N4O. The second-order valence-corrected chi connectivity index (χ2v) is 4.45. The van der Waals surface area contributed by atoms with Gasteiger partial charge in [0, 0.05) is 17.6 Å². The van der Waals surface area contributed by atoms with Gasteiger partial charge in [0.25, 0.3) is 5.56 Å². The third kappa shape index (κ3) is 1.96. The summed E-state index contributed by atoms with van der Waals surface area (Å²) in [4.78, 5) is 14.6. The third-order valence-corrected chi connectivity index (χ3v) is 3.16. The van der Waals surface area contributed by atoms with E-state index in [0.717, 1.165) is 24.0 Å². The van der Waals surface area contributed by atoms with Gasteiger partial charge in [0.15, 0.2) is 0 Å². The van der Waals surface area contributed by atoms with Gasteiger partial charge in [-0.1, -0.05) is 0 Å². The standard InChI is InChI=1S/C11H18N4O/c1-6-5-8(9-4-3-7(2)13-9)11(16)14-10(6)15-12/h5,7,9,13H,3-4,12H2,1-2H3,(H2,14,15,16)/t7-,9-/m1/s1. The summed E-state index contributed by atoms with van der Waals surface area (Å²) in [6.07, 6.45) is 2.12. The first-order valence-corrected chi connectivity index (χ1v) is 5.58. The Kier molecular flexibility index (Phi) is 2.98. The topological polar surface area (TPSA) is 82.9 Å². The second kappa shape index (κ2) is 4.27. The maximum atomic E-state index is 11.9. The lowest BCUT2D eigenvalue weighted by molar-refractivity contribution is 0.580. The molecule has 2 heterocycles. The molecule has 0 unspecified atom stereocenters. The molecule has 1 aromatic heterocycles. The Balaban J connectivity index is 2.35. The number of nitrogen functional groups attached to an aromatic ring is 1. The maximum absolute atomic E-state index is 11.9. The molecule has 5 heteroatoms. The van der Waals surface area contributed by atoms with Crippen LogP contribution in [0.1, 0.15) is 36.9 Å². The second-order valence-electron chi connectivity index (χ2n) is 4.45. The highest BCUT2D eigenvalue weighted by Crippen LogP contribution is 2.25. The van der Waals surface area contributed by atoms with Gasteiger partial charge in [-0.2, -0.15) is 0 Å². The Morgan fingerprint density at radius 2 is 2.25 bits per heavy atom. The highest BCUT2D eigenvalue weighted by molar-refractivity contribution is 5.44. The van der Waals surface area contributed by atoms with Gasteiger partial charge in [-0.15, -0.1) is 0 Å². The van der Waals surface area contributed by atoms with E-state index >= 15 is 0 Å². The van der Waals surface area contributed by atoms with Crippen LogP contribution in [-0.4, -0.2) is 11.0 Å². The fourth-order valence-corrected chi connectivity index (χ4v) is 2.24. The minimum atomic E-state index is -0.0647. The number of pyridine rings is 1. The van der Waals surface area contributed by atoms with Crippen LogP contribution in [0.3, 0.4) is 0 Å². The van der Waals surface area contributed by atoms with Gasteiger partial charge in [-0.25, -0.2) is 5.84 Å². The van der Waals surface area contributed by atoms with Crippen LogP contribution in [0.15, 0.2) is 10.9 Å². The van der Waals surface area contributed by atoms with Crippen molar-refractivity contribution in [3.63, 3.8) is 0 Å². The van der Waals surface area contributed by atoms with Gasteiger partial charge >= 0.3 is 0 Å². The zero-order chi connectivity index (χ0) is 11.7. The summed E-state index contributed by atoms with van der Waals surface area (Å²) in [5.41, 5.74) is 4.19. The van der Waals surface area contributed by atoms with Gasteiger partial charge in [-0.05, 0) is 38.3 Å². The molecule has 0 radical (unpaired) electrons. The average molecular weight is 222 g/mol. The Morgan fingerprint density at radius 3 is 2.81 bits per heavy atom. The largest absolute Gasteiger partial charge is 0.310 e. The number of aromatic amines is 1. The fourth-order valence-electron chi connectivity index (χ4n) is 2.24. The molecular weight excluding hydrogens is 204 g/mol. The Labute approximate surface area is 94.4 Å². The zero-order valence-corrected chi connectivity index (χ0v) is 9.63. The number of rotatable bonds is 2. The predicted molar refractivity (Wildman–Crippen MR) is 64.2 cm³/mol. The summed E-state index contributed by atoms with van der Waals surface area (Å²) in [6, 6.07) is 2.56. The van der Waals surface area contributed by atoms with E-state index in [1.807, 2.05) is 13.0 Å². The van der Waals surface area contributed by atoms with E-state index < -0.39 is 0 Å². The summed E-state index contributed by atoms with van der Waals surface area (Å²) in [5.74, 6) is 5.89. The zero-order valence-electron chi connectivity index (χ0n) is 9.63. The highest BCUT2D eigenvalue weighted by Gasteiger charge is 2.24. The van der Waals surface area contributed by atoms with E-state index in [9.17, 15) is 4.79 Å². The van der Waals surface area contributed by atoms with Crippen molar-refractivity contribution in [3.05, 3.63) is 27.5 Å². The van der Waals surface area contributed by atoms with Crippen LogP contribution < -0.4 is 22.1 Å². The SMILES string of the molecule is Cc1cc([C@H]2CC[C@@H](C)N2)c(=O)[nH]c1NN. The Hall–Kier alpha value is -1.33. The predicted octanol–water partition coefficient (Wildman–Crippen LogP) is 0.782. The lowest BCUT2D eigenvalue weighted by Crippen LogP contribution is -2.27. The van der Waals surface area contributed by atoms with Gasteiger partial charge in [0.2, 0.25) is 0 Å². The van der Waals surface area contributed by atoms with Gasteiger partial charge in [-0.3, -0.25) is 4.79 Å². The molecule has 1 aliphatic rings. The number of aromatic nitrogens is 1. The summed E-state index contributed by atoms with van der Waals surface area (Å²) >= 11 is 0. The van der Waals surface area contributed by atoms with E-state index in [1.165, 1.54) is 0 Å². The number of hydrazine groups is 1. The molecule has 5 N–H and O–H groups in total. The number of aryl methyl sites for hydroxylation is 1. The van der Waals surface area contributed by atoms with Crippen molar-refractivity contribution in [1.29, 1.82) is 0 Å². The quantitative estimate of drug-likeness (QED) is 0.440. The van der Waals surface area contributed by atoms with Crippen molar-refractivity contribution in [2.45, 2.75) is 38.8 Å². The lowest BCUT2D eigenvalue weighted by Gasteiger charge is -2.13. The van der Waals surface area contributed by atoms with E-state index in [1.54, 1.807) is 0 Å². The summed E-state index contributed by atoms with van der Waals surface area (Å²) in [6.45, 7) is 4.06. The maximum Gasteiger partial charge on any atom is 0.254 e. The van der Waals surface area contributed by atoms with E-state index in [2.05, 4.69) is 22.7 Å². The summed E-state index contributed by atoms with van der Waals surface area (Å²) < 4.78 is 0. The summed E-state index contributed by atoms with van der Waals surface area (Å²) in [5, 5.41) is 3.40. The van der Waals surface area contributed by atoms with Gasteiger partial charge in [0.05, 0.1) is 0 Å². The van der Waals surface area contributed by atoms with Crippen molar-refractivity contribution in [2.75, 3.05) is 5.43 Å². The van der Waals surface area contributed by atoms with Gasteiger partial charge < -0.3 is 15.7 Å². The van der Waals surface area contributed by atoms with Crippen LogP contribution in [0.4, 0.5) is 5.82 Å². The Bertz CT molecular complexity index is 440. The molecule has 0 saturated carbocycles. The number of hydrogen-bond acceptors (Lipinski definition) is 4. The van der Waals surface area contributed by atoms with Crippen molar-refractivity contribution < 1.29 is 0 Å². The minimum Gasteiger partial charge on any atom is -0.310 e. The van der Waals surface area contributed by atoms with E-state index in [4.69, 9.17) is 5.84 Å². The van der Waals surface area contributed by atoms with Crippen LogP contribution in [0, 0.1) is 6.92 Å². The molecule has 5 nitrogen and oxygen atoms in total. The number of H-pyrrole nitrogens is 1. The van der Waals surface area contributed by atoms with Crippen molar-refractivity contribution in [3.8, 4) is 0 Å². The molecule has 0 aromatic carbocycles. The van der Waals surface area contributed by atoms with Crippen LogP contribution in [0.25, 0.3) is 0 Å². The molecule has 1 aliphatic heterocycles. The normalized spacial score (nSPS) is 24.7. The monoisotopic (exact) mass is 222 g/mol. The van der Waals surface area contributed by atoms with Crippen LogP contribution in [-0.2, 0) is 0 Å². The van der Waals surface area contributed by atoms with E-state index in [-0.39, 0.29) is 11.6 Å². The molecule has 0 bridgehead atoms. The van der Waals surface area contributed by atoms with Crippen molar-refractivity contribution in [1.82, 2.24) is 10.3 Å². The molecule has 16 heavy (non-hydrogen) atoms. The van der Waals surface area contributed by atoms with Crippen LogP contribution >= 0.6 is 0 Å². The van der Waals surface area contributed by atoms with E-state index in [0.29, 0.717) is 11.9 Å². The van der Waals surface area contributed by atoms with Crippen molar-refractivity contribution in [2.24, 2.45) is 5.84 Å². The Morgan fingerprint density at radius 1 is 1.50 bits per heavy atom. The summed E-state index contributed by atoms with van der Waals surface area (Å²) in [7, 11) is 0. The molecule has 0 aliphatic carbocycles. The lowest BCUT2D eigenvalue weighted by atomic mass is 10.1. The number of nitrogens with two attached hydrogens (primary N) is 1. The molecule has 1 saturated heterocycles. The first-order chi connectivity index (χ1) is 7.61. The smallest absolute Gasteiger partial charge is 0.254 e. The first-order valence-electron chi connectivity index (χ1n) is 5.58. The molecule has 2 rings (SSSR count). The minimum absolute atomic E-state index is 0.0647. The van der Waals surface area contributed by atoms with Crippen molar-refractivity contribution >= 4 is 5.82 Å². The first kappa shape index (κ1) is 11.2. The van der Waals surface area contributed by atoms with Crippen LogP contribution in [0.2, 0.25) is 0 Å². The molecule has 1 fully saturated rings. The number of anilines is 1. The molecule has 1 aromatic rings. The highest BCUT2D eigenvalue weighted by atomic mass is 16.1. The number of nitrogens with one attached hydrogen (secondary N) is 3. The van der Waals surface area contributed by atoms with Crippen LogP contribution in [0.5, 0.6) is 0 Å². The molecule has 2 atom stereocenters.